The lowest BCUT2D eigenvalue weighted by molar-refractivity contribution is 0.223. The van der Waals surface area contributed by atoms with Crippen molar-refractivity contribution in [1.29, 1.82) is 0 Å². The molecule has 0 saturated carbocycles. The van der Waals surface area contributed by atoms with Crippen LogP contribution in [0.5, 0.6) is 0 Å². The summed E-state index contributed by atoms with van der Waals surface area (Å²) in [6.45, 7) is 8.68. The molecule has 60 valence electrons. The first-order valence-electron chi connectivity index (χ1n) is 3.29. The molecule has 0 N–H and O–H groups in total. The first-order chi connectivity index (χ1) is 4.72. The van der Waals surface area contributed by atoms with Gasteiger partial charge in [0, 0.05) is 17.9 Å². The first-order valence-corrected chi connectivity index (χ1v) is 5.19. The zero-order chi connectivity index (χ0) is 7.98. The monoisotopic (exact) mass is 180 g/mol. The maximum Gasteiger partial charge on any atom is 0.366 e. The van der Waals surface area contributed by atoms with E-state index in [0.717, 1.165) is 0 Å². The van der Waals surface area contributed by atoms with Crippen molar-refractivity contribution in [1.82, 2.24) is 0 Å². The molecule has 0 atom stereocenters. The predicted octanol–water partition coefficient (Wildman–Crippen LogP) is 1.57. The molecule has 0 amide bonds. The highest BCUT2D eigenvalue weighted by atomic mass is 35.5. The van der Waals surface area contributed by atoms with Gasteiger partial charge in [0.05, 0.1) is 0 Å². The maximum absolute atomic E-state index is 5.62. The Morgan fingerprint density at radius 2 is 1.80 bits per heavy atom. The number of halogens is 1. The molecule has 0 heterocycles. The van der Waals surface area contributed by atoms with Gasteiger partial charge in [0.1, 0.15) is 0 Å². The van der Waals surface area contributed by atoms with Crippen LogP contribution < -0.4 is 0 Å². The van der Waals surface area contributed by atoms with Gasteiger partial charge in [-0.15, -0.1) is 0 Å². The van der Waals surface area contributed by atoms with E-state index in [4.69, 9.17) is 20.5 Å². The van der Waals surface area contributed by atoms with Crippen LogP contribution in [0.2, 0.25) is 0 Å². The molecule has 0 radical (unpaired) electrons. The molecule has 0 aromatic heterocycles. The van der Waals surface area contributed by atoms with Gasteiger partial charge < -0.3 is 8.85 Å². The molecule has 10 heavy (non-hydrogen) atoms. The molecule has 0 fully saturated rings. The smallest absolute Gasteiger partial charge is 0.366 e. The lowest BCUT2D eigenvalue weighted by atomic mass is 10.9. The van der Waals surface area contributed by atoms with Crippen molar-refractivity contribution in [3.8, 4) is 0 Å². The Hall–Kier alpha value is 0.167. The fourth-order valence-corrected chi connectivity index (χ4v) is 1.97. The van der Waals surface area contributed by atoms with Gasteiger partial charge in [0.25, 0.3) is 0 Å². The molecule has 0 spiro atoms. The summed E-state index contributed by atoms with van der Waals surface area (Å²) in [6, 6.07) is 0. The molecule has 0 rings (SSSR count). The van der Waals surface area contributed by atoms with Crippen LogP contribution >= 0.6 is 11.6 Å². The summed E-state index contributed by atoms with van der Waals surface area (Å²) in [5.41, 5.74) is 0. The average molecular weight is 181 g/mol. The van der Waals surface area contributed by atoms with Crippen LogP contribution in [0.3, 0.4) is 0 Å². The van der Waals surface area contributed by atoms with Gasteiger partial charge in [-0.25, -0.2) is 0 Å². The Morgan fingerprint density at radius 1 is 1.40 bits per heavy atom. The summed E-state index contributed by atoms with van der Waals surface area (Å²) in [5, 5.41) is 0. The zero-order valence-corrected chi connectivity index (χ0v) is 8.30. The van der Waals surface area contributed by atoms with E-state index in [1.54, 1.807) is 0 Å². The summed E-state index contributed by atoms with van der Waals surface area (Å²) in [6.07, 6.45) is 0. The summed E-state index contributed by atoms with van der Waals surface area (Å²) in [4.78, 5) is 0. The van der Waals surface area contributed by atoms with E-state index in [1.165, 1.54) is 0 Å². The molecule has 0 aliphatic heterocycles. The highest BCUT2D eigenvalue weighted by Crippen LogP contribution is 2.05. The molecule has 0 bridgehead atoms. The van der Waals surface area contributed by atoms with Crippen molar-refractivity contribution in [3.63, 3.8) is 0 Å². The summed E-state index contributed by atoms with van der Waals surface area (Å²) in [5.74, 6) is 0. The van der Waals surface area contributed by atoms with Crippen LogP contribution in [0.4, 0.5) is 0 Å². The van der Waals surface area contributed by atoms with Crippen molar-refractivity contribution in [2.45, 2.75) is 13.8 Å². The van der Waals surface area contributed by atoms with E-state index in [-0.39, 0.29) is 0 Å². The molecule has 0 unspecified atom stereocenters. The molecule has 0 aromatic carbocycles. The maximum atomic E-state index is 5.62. The Morgan fingerprint density at radius 3 is 2.00 bits per heavy atom. The van der Waals surface area contributed by atoms with Crippen molar-refractivity contribution in [3.05, 3.63) is 11.2 Å². The minimum atomic E-state index is -1.74. The van der Waals surface area contributed by atoms with Crippen LogP contribution in [0.15, 0.2) is 11.2 Å². The molecular formula is C6H13ClO2Si. The highest BCUT2D eigenvalue weighted by molar-refractivity contribution is 6.68. The Bertz CT molecular complexity index is 102. The van der Waals surface area contributed by atoms with Crippen molar-refractivity contribution >= 4 is 20.9 Å². The second-order valence-corrected chi connectivity index (χ2v) is 4.57. The fraction of sp³-hybridized carbons (Fsp3) is 0.667. The molecule has 0 aromatic rings. The van der Waals surface area contributed by atoms with E-state index in [1.807, 2.05) is 13.8 Å². The van der Waals surface area contributed by atoms with Gasteiger partial charge in [-0.2, -0.15) is 0 Å². The second-order valence-electron chi connectivity index (χ2n) is 1.69. The van der Waals surface area contributed by atoms with Crippen molar-refractivity contribution < 1.29 is 8.85 Å². The van der Waals surface area contributed by atoms with E-state index in [0.29, 0.717) is 17.9 Å². The summed E-state index contributed by atoms with van der Waals surface area (Å²) < 4.78 is 11.0. The standard InChI is InChI=1S/C6H13ClO2Si/c1-4-8-10(6(3)7)9-5-2/h10H,3-5H2,1-2H3. The van der Waals surface area contributed by atoms with Crippen LogP contribution in [-0.4, -0.2) is 22.5 Å². The van der Waals surface area contributed by atoms with Crippen LogP contribution in [0.1, 0.15) is 13.8 Å². The number of hydrogen-bond acceptors (Lipinski definition) is 2. The third kappa shape index (κ3) is 4.06. The van der Waals surface area contributed by atoms with E-state index in [9.17, 15) is 0 Å². The van der Waals surface area contributed by atoms with Gasteiger partial charge in [-0.05, 0) is 13.8 Å². The third-order valence-corrected chi connectivity index (χ3v) is 3.21. The van der Waals surface area contributed by atoms with Gasteiger partial charge in [-0.1, -0.05) is 18.2 Å². The largest absolute Gasteiger partial charge is 0.393 e. The molecule has 0 aliphatic carbocycles. The van der Waals surface area contributed by atoms with E-state index in [2.05, 4.69) is 6.58 Å². The number of hydrogen-bond donors (Lipinski definition) is 0. The Labute approximate surface area is 68.6 Å². The van der Waals surface area contributed by atoms with Crippen molar-refractivity contribution in [2.24, 2.45) is 0 Å². The normalized spacial score (nSPS) is 10.4. The topological polar surface area (TPSA) is 18.5 Å². The summed E-state index contributed by atoms with van der Waals surface area (Å²) >= 11 is 5.62. The minimum Gasteiger partial charge on any atom is -0.393 e. The summed E-state index contributed by atoms with van der Waals surface area (Å²) in [7, 11) is -1.74. The van der Waals surface area contributed by atoms with Crippen molar-refractivity contribution in [2.75, 3.05) is 13.2 Å². The molecule has 0 aliphatic rings. The Kier molecular flexibility index (Phi) is 6.01. The zero-order valence-electron chi connectivity index (χ0n) is 6.39. The molecule has 2 nitrogen and oxygen atoms in total. The van der Waals surface area contributed by atoms with Gasteiger partial charge in [0.2, 0.25) is 0 Å². The van der Waals surface area contributed by atoms with Gasteiger partial charge in [0.15, 0.2) is 0 Å². The van der Waals surface area contributed by atoms with E-state index < -0.39 is 9.28 Å². The predicted molar refractivity (Wildman–Crippen MR) is 45.4 cm³/mol. The minimum absolute atomic E-state index is 0.531. The second kappa shape index (κ2) is 5.92. The fourth-order valence-electron chi connectivity index (χ4n) is 0.532. The average Bonchev–Trinajstić information content (AvgIpc) is 1.87. The molecule has 0 saturated heterocycles. The highest BCUT2D eigenvalue weighted by Gasteiger charge is 2.13. The third-order valence-electron chi connectivity index (χ3n) is 0.892. The van der Waals surface area contributed by atoms with Crippen LogP contribution in [0.25, 0.3) is 0 Å². The van der Waals surface area contributed by atoms with Crippen LogP contribution in [-0.2, 0) is 8.85 Å². The van der Waals surface area contributed by atoms with E-state index >= 15 is 0 Å². The Balaban J connectivity index is 3.61. The quantitative estimate of drug-likeness (QED) is 0.599. The SMILES string of the molecule is C=C(Cl)[SiH](OCC)OCC. The van der Waals surface area contributed by atoms with Gasteiger partial charge >= 0.3 is 9.28 Å². The first kappa shape index (κ1) is 10.2. The van der Waals surface area contributed by atoms with Crippen LogP contribution in [0, 0.1) is 0 Å². The lowest BCUT2D eigenvalue weighted by Crippen LogP contribution is -2.23. The molecule has 4 heteroatoms. The lowest BCUT2D eigenvalue weighted by Gasteiger charge is -2.11. The van der Waals surface area contributed by atoms with Gasteiger partial charge in [-0.3, -0.25) is 0 Å². The molecular weight excluding hydrogens is 168 g/mol. The number of rotatable bonds is 5.